The Bertz CT molecular complexity index is 975. The molecule has 0 bridgehead atoms. The summed E-state index contributed by atoms with van der Waals surface area (Å²) in [5, 5.41) is 16.3. The van der Waals surface area contributed by atoms with Crippen molar-refractivity contribution in [1.29, 1.82) is 0 Å². The fraction of sp³-hybridized carbons (Fsp3) is 0.167. The second-order valence-corrected chi connectivity index (χ2v) is 6.18. The molecule has 0 spiro atoms. The fourth-order valence-electron chi connectivity index (χ4n) is 2.33. The van der Waals surface area contributed by atoms with Gasteiger partial charge in [-0.15, -0.1) is 13.2 Å². The zero-order valence-corrected chi connectivity index (χ0v) is 15.2. The molecular formula is C18H13ClF3N3O4. The Balaban J connectivity index is 1.71. The number of nitrogens with one attached hydrogen (secondary N) is 1. The zero-order valence-electron chi connectivity index (χ0n) is 14.5. The molecule has 0 aliphatic heterocycles. The first-order valence-electron chi connectivity index (χ1n) is 8.12. The molecule has 1 amide bonds. The topological polar surface area (TPSA) is 97.5 Å². The maximum atomic E-state index is 12.3. The molecule has 1 atom stereocenters. The fourth-order valence-corrected chi connectivity index (χ4v) is 2.45. The number of aliphatic hydroxyl groups excluding tert-OH is 1. The normalized spacial score (nSPS) is 12.4. The highest BCUT2D eigenvalue weighted by Crippen LogP contribution is 2.26. The van der Waals surface area contributed by atoms with Crippen LogP contribution in [-0.2, 0) is 0 Å². The van der Waals surface area contributed by atoms with Gasteiger partial charge in [0.1, 0.15) is 11.8 Å². The molecule has 0 radical (unpaired) electrons. The summed E-state index contributed by atoms with van der Waals surface area (Å²) in [5.74, 6) is -0.886. The summed E-state index contributed by atoms with van der Waals surface area (Å²) < 4.78 is 45.5. The van der Waals surface area contributed by atoms with Crippen LogP contribution in [0.15, 0.2) is 53.1 Å². The van der Waals surface area contributed by atoms with E-state index in [-0.39, 0.29) is 11.7 Å². The van der Waals surface area contributed by atoms with E-state index in [1.165, 1.54) is 24.3 Å². The van der Waals surface area contributed by atoms with Gasteiger partial charge < -0.3 is 19.7 Å². The van der Waals surface area contributed by atoms with Gasteiger partial charge in [0.2, 0.25) is 0 Å². The standard InChI is InChI=1S/C18H13ClF3N3O4/c19-12-5-1-10(2-6-12)16(27)23-14(9-26)15-24-17(29-25-15)11-3-7-13(8-4-11)28-18(20,21)22/h1-8,14,26H,9H2,(H,23,27)/t14-/m1/s1. The van der Waals surface area contributed by atoms with Crippen LogP contribution in [0.5, 0.6) is 5.75 Å². The number of carbonyl (C=O) groups is 1. The highest BCUT2D eigenvalue weighted by Gasteiger charge is 2.31. The van der Waals surface area contributed by atoms with E-state index in [1.54, 1.807) is 12.1 Å². The van der Waals surface area contributed by atoms with E-state index < -0.39 is 30.7 Å². The first kappa shape index (κ1) is 20.6. The summed E-state index contributed by atoms with van der Waals surface area (Å²) >= 11 is 5.78. The minimum atomic E-state index is -4.80. The number of carbonyl (C=O) groups excluding carboxylic acids is 1. The van der Waals surface area contributed by atoms with Gasteiger partial charge in [0.25, 0.3) is 11.8 Å². The predicted octanol–water partition coefficient (Wildman–Crippen LogP) is 3.75. The van der Waals surface area contributed by atoms with E-state index in [0.29, 0.717) is 16.1 Å². The van der Waals surface area contributed by atoms with Gasteiger partial charge in [0.05, 0.1) is 6.61 Å². The number of amides is 1. The Hall–Kier alpha value is -3.11. The second-order valence-electron chi connectivity index (χ2n) is 5.75. The van der Waals surface area contributed by atoms with Crippen LogP contribution in [0.2, 0.25) is 5.02 Å². The number of halogens is 4. The predicted molar refractivity (Wildman–Crippen MR) is 95.2 cm³/mol. The number of hydrogen-bond acceptors (Lipinski definition) is 6. The Morgan fingerprint density at radius 2 is 1.83 bits per heavy atom. The van der Waals surface area contributed by atoms with Crippen molar-refractivity contribution in [3.63, 3.8) is 0 Å². The molecule has 3 aromatic rings. The lowest BCUT2D eigenvalue weighted by molar-refractivity contribution is -0.274. The van der Waals surface area contributed by atoms with E-state index in [9.17, 15) is 23.1 Å². The Morgan fingerprint density at radius 1 is 1.17 bits per heavy atom. The van der Waals surface area contributed by atoms with Crippen LogP contribution in [0, 0.1) is 0 Å². The summed E-state index contributed by atoms with van der Waals surface area (Å²) in [6.45, 7) is -0.503. The number of aliphatic hydroxyl groups is 1. The quantitative estimate of drug-likeness (QED) is 0.621. The molecule has 1 heterocycles. The van der Waals surface area contributed by atoms with E-state index >= 15 is 0 Å². The minimum absolute atomic E-state index is 0.000400. The van der Waals surface area contributed by atoms with Crippen molar-refractivity contribution in [1.82, 2.24) is 15.5 Å². The number of ether oxygens (including phenoxy) is 1. The molecule has 152 valence electrons. The van der Waals surface area contributed by atoms with Crippen LogP contribution in [0.1, 0.15) is 22.2 Å². The third-order valence-electron chi connectivity index (χ3n) is 3.68. The van der Waals surface area contributed by atoms with Crippen molar-refractivity contribution < 1.29 is 32.3 Å². The van der Waals surface area contributed by atoms with Crippen molar-refractivity contribution in [2.24, 2.45) is 0 Å². The number of alkyl halides is 3. The summed E-state index contributed by atoms with van der Waals surface area (Å²) in [5.41, 5.74) is 0.649. The van der Waals surface area contributed by atoms with E-state index in [2.05, 4.69) is 20.2 Å². The lowest BCUT2D eigenvalue weighted by Gasteiger charge is -2.12. The largest absolute Gasteiger partial charge is 0.573 e. The van der Waals surface area contributed by atoms with E-state index in [4.69, 9.17) is 16.1 Å². The van der Waals surface area contributed by atoms with Crippen LogP contribution in [0.4, 0.5) is 13.2 Å². The molecule has 1 aromatic heterocycles. The summed E-state index contributed by atoms with van der Waals surface area (Å²) in [6, 6.07) is 9.96. The first-order valence-corrected chi connectivity index (χ1v) is 8.50. The number of benzene rings is 2. The summed E-state index contributed by atoms with van der Waals surface area (Å²) in [7, 11) is 0. The number of rotatable bonds is 6. The molecule has 7 nitrogen and oxygen atoms in total. The third-order valence-corrected chi connectivity index (χ3v) is 3.93. The molecule has 2 aromatic carbocycles. The molecule has 0 saturated heterocycles. The minimum Gasteiger partial charge on any atom is -0.406 e. The zero-order chi connectivity index (χ0) is 21.0. The Morgan fingerprint density at radius 3 is 2.41 bits per heavy atom. The average molecular weight is 428 g/mol. The van der Waals surface area contributed by atoms with Crippen LogP contribution < -0.4 is 10.1 Å². The van der Waals surface area contributed by atoms with Gasteiger partial charge in [0.15, 0.2) is 5.82 Å². The van der Waals surface area contributed by atoms with Gasteiger partial charge in [-0.3, -0.25) is 4.79 Å². The molecule has 0 fully saturated rings. The maximum absolute atomic E-state index is 12.3. The SMILES string of the molecule is O=C(N[C@H](CO)c1noc(-c2ccc(OC(F)(F)F)cc2)n1)c1ccc(Cl)cc1. The average Bonchev–Trinajstić information content (AvgIpc) is 3.15. The Labute approximate surface area is 167 Å². The lowest BCUT2D eigenvalue weighted by atomic mass is 10.2. The number of hydrogen-bond donors (Lipinski definition) is 2. The van der Waals surface area contributed by atoms with Crippen LogP contribution in [-0.4, -0.2) is 34.1 Å². The van der Waals surface area contributed by atoms with Gasteiger partial charge in [-0.2, -0.15) is 4.98 Å². The smallest absolute Gasteiger partial charge is 0.406 e. The second kappa shape index (κ2) is 8.50. The van der Waals surface area contributed by atoms with Crippen molar-refractivity contribution in [3.8, 4) is 17.2 Å². The van der Waals surface area contributed by atoms with Crippen LogP contribution >= 0.6 is 11.6 Å². The molecule has 0 unspecified atom stereocenters. The van der Waals surface area contributed by atoms with Gasteiger partial charge in [-0.1, -0.05) is 16.8 Å². The summed E-state index contributed by atoms with van der Waals surface area (Å²) in [4.78, 5) is 16.3. The number of aromatic nitrogens is 2. The van der Waals surface area contributed by atoms with Crippen LogP contribution in [0.3, 0.4) is 0 Å². The molecule has 11 heteroatoms. The van der Waals surface area contributed by atoms with Crippen molar-refractivity contribution in [2.45, 2.75) is 12.4 Å². The third kappa shape index (κ3) is 5.46. The van der Waals surface area contributed by atoms with Gasteiger partial charge in [0, 0.05) is 16.1 Å². The first-order chi connectivity index (χ1) is 13.7. The van der Waals surface area contributed by atoms with Crippen LogP contribution in [0.25, 0.3) is 11.5 Å². The molecule has 0 saturated carbocycles. The highest BCUT2D eigenvalue weighted by molar-refractivity contribution is 6.30. The van der Waals surface area contributed by atoms with Gasteiger partial charge >= 0.3 is 6.36 Å². The molecule has 2 N–H and O–H groups in total. The van der Waals surface area contributed by atoms with Gasteiger partial charge in [-0.25, -0.2) is 0 Å². The molecule has 29 heavy (non-hydrogen) atoms. The molecular weight excluding hydrogens is 415 g/mol. The van der Waals surface area contributed by atoms with E-state index in [1.807, 2.05) is 0 Å². The summed E-state index contributed by atoms with van der Waals surface area (Å²) in [6.07, 6.45) is -4.80. The highest BCUT2D eigenvalue weighted by atomic mass is 35.5. The van der Waals surface area contributed by atoms with E-state index in [0.717, 1.165) is 12.1 Å². The molecule has 3 rings (SSSR count). The van der Waals surface area contributed by atoms with Gasteiger partial charge in [-0.05, 0) is 48.5 Å². The lowest BCUT2D eigenvalue weighted by Crippen LogP contribution is -2.31. The number of nitrogens with zero attached hydrogens (tertiary/aromatic N) is 2. The monoisotopic (exact) mass is 427 g/mol. The van der Waals surface area contributed by atoms with Crippen molar-refractivity contribution in [2.75, 3.05) is 6.61 Å². The van der Waals surface area contributed by atoms with Crippen molar-refractivity contribution in [3.05, 3.63) is 64.9 Å². The van der Waals surface area contributed by atoms with Crippen molar-refractivity contribution >= 4 is 17.5 Å². The Kier molecular flexibility index (Phi) is 6.04. The molecule has 0 aliphatic rings. The molecule has 0 aliphatic carbocycles. The maximum Gasteiger partial charge on any atom is 0.573 e.